The molecule has 1 unspecified atom stereocenters. The molecule has 0 bridgehead atoms. The van der Waals surface area contributed by atoms with Gasteiger partial charge in [0.1, 0.15) is 5.82 Å². The molecule has 1 aliphatic heterocycles. The minimum atomic E-state index is -0.373. The maximum absolute atomic E-state index is 13.3. The first-order valence-electron chi connectivity index (χ1n) is 6.03. The Hall–Kier alpha value is -0.960. The number of hydrogen-bond acceptors (Lipinski definition) is 2. The first-order valence-corrected chi connectivity index (χ1v) is 6.41. The fraction of sp³-hybridized carbons (Fsp3) is 0.538. The van der Waals surface area contributed by atoms with Crippen molar-refractivity contribution in [2.75, 3.05) is 23.7 Å². The Morgan fingerprint density at radius 2 is 1.88 bits per heavy atom. The Morgan fingerprint density at radius 1 is 1.29 bits per heavy atom. The van der Waals surface area contributed by atoms with Crippen LogP contribution in [-0.2, 0) is 0 Å². The molecule has 17 heavy (non-hydrogen) atoms. The monoisotopic (exact) mass is 256 g/mol. The second-order valence-corrected chi connectivity index (χ2v) is 5.48. The molecule has 0 saturated carbocycles. The smallest absolute Gasteiger partial charge is 0.143 e. The highest BCUT2D eigenvalue weighted by atomic mass is 35.5. The van der Waals surface area contributed by atoms with Crippen LogP contribution in [0, 0.1) is 17.7 Å². The summed E-state index contributed by atoms with van der Waals surface area (Å²) < 4.78 is 13.3. The molecule has 2 nitrogen and oxygen atoms in total. The van der Waals surface area contributed by atoms with Crippen molar-refractivity contribution in [3.63, 3.8) is 0 Å². The Morgan fingerprint density at radius 3 is 2.47 bits per heavy atom. The lowest BCUT2D eigenvalue weighted by atomic mass is 9.97. The number of anilines is 2. The van der Waals surface area contributed by atoms with Crippen LogP contribution in [0.4, 0.5) is 15.8 Å². The van der Waals surface area contributed by atoms with E-state index in [0.29, 0.717) is 11.8 Å². The molecule has 0 aromatic heterocycles. The molecule has 4 heteroatoms. The molecule has 0 saturated heterocycles. The molecule has 1 aromatic rings. The van der Waals surface area contributed by atoms with E-state index >= 15 is 0 Å². The van der Waals surface area contributed by atoms with Gasteiger partial charge in [0.05, 0.1) is 16.4 Å². The van der Waals surface area contributed by atoms with Crippen molar-refractivity contribution in [3.8, 4) is 0 Å². The fourth-order valence-corrected chi connectivity index (χ4v) is 2.42. The average Bonchev–Trinajstić information content (AvgIpc) is 2.43. The topological polar surface area (TPSA) is 24.1 Å². The van der Waals surface area contributed by atoms with E-state index in [9.17, 15) is 4.39 Å². The number of halogens is 2. The fourth-order valence-electron chi connectivity index (χ4n) is 2.25. The molecule has 0 fully saturated rings. The van der Waals surface area contributed by atoms with Gasteiger partial charge in [0.15, 0.2) is 0 Å². The molecular weight excluding hydrogens is 239 g/mol. The molecule has 1 aliphatic rings. The summed E-state index contributed by atoms with van der Waals surface area (Å²) in [5.74, 6) is 0.858. The van der Waals surface area contributed by atoms with E-state index < -0.39 is 0 Å². The first-order chi connectivity index (χ1) is 8.06. The average molecular weight is 257 g/mol. The quantitative estimate of drug-likeness (QED) is 0.836. The van der Waals surface area contributed by atoms with Gasteiger partial charge in [-0.05, 0) is 24.3 Å². The second-order valence-electron chi connectivity index (χ2n) is 5.07. The lowest BCUT2D eigenvalue weighted by Crippen LogP contribution is -2.20. The van der Waals surface area contributed by atoms with Crippen LogP contribution in [0.1, 0.15) is 20.3 Å². The highest BCUT2D eigenvalue weighted by Gasteiger charge is 2.17. The molecule has 2 N–H and O–H groups in total. The minimum absolute atomic E-state index is 0.167. The van der Waals surface area contributed by atoms with Crippen molar-refractivity contribution >= 4 is 23.0 Å². The van der Waals surface area contributed by atoms with E-state index in [1.807, 2.05) is 0 Å². The van der Waals surface area contributed by atoms with E-state index in [1.54, 1.807) is 6.07 Å². The van der Waals surface area contributed by atoms with E-state index in [-0.39, 0.29) is 10.8 Å². The van der Waals surface area contributed by atoms with Crippen molar-refractivity contribution in [2.45, 2.75) is 20.3 Å². The lowest BCUT2D eigenvalue weighted by molar-refractivity contribution is 0.444. The predicted molar refractivity (Wildman–Crippen MR) is 71.3 cm³/mol. The Kier molecular flexibility index (Phi) is 3.77. The van der Waals surface area contributed by atoms with Crippen molar-refractivity contribution in [2.24, 2.45) is 11.8 Å². The molecule has 0 spiro atoms. The Labute approximate surface area is 107 Å². The van der Waals surface area contributed by atoms with Crippen molar-refractivity contribution in [3.05, 3.63) is 23.0 Å². The standard InChI is InChI=1S/C13H18ClFN2/c1-8(2)3-9-6-16-12-4-10(14)11(15)5-13(12)17-7-9/h4-5,8-9,16-17H,3,6-7H2,1-2H3. The summed E-state index contributed by atoms with van der Waals surface area (Å²) in [6.45, 7) is 6.21. The molecule has 2 rings (SSSR count). The number of hydrogen-bond donors (Lipinski definition) is 2. The Balaban J connectivity index is 2.13. The summed E-state index contributed by atoms with van der Waals surface area (Å²) in [7, 11) is 0. The number of benzene rings is 1. The third-order valence-corrected chi connectivity index (χ3v) is 3.32. The van der Waals surface area contributed by atoms with Crippen LogP contribution in [0.2, 0.25) is 5.02 Å². The third kappa shape index (κ3) is 3.03. The summed E-state index contributed by atoms with van der Waals surface area (Å²) in [4.78, 5) is 0. The lowest BCUT2D eigenvalue weighted by Gasteiger charge is -2.16. The summed E-state index contributed by atoms with van der Waals surface area (Å²) >= 11 is 5.78. The van der Waals surface area contributed by atoms with Crippen molar-refractivity contribution in [1.29, 1.82) is 0 Å². The SMILES string of the molecule is CC(C)CC1CNc2cc(F)c(Cl)cc2NC1. The van der Waals surface area contributed by atoms with E-state index in [2.05, 4.69) is 24.5 Å². The highest BCUT2D eigenvalue weighted by molar-refractivity contribution is 6.31. The molecule has 0 amide bonds. The molecule has 0 aliphatic carbocycles. The molecule has 94 valence electrons. The summed E-state index contributed by atoms with van der Waals surface area (Å²) in [5.41, 5.74) is 1.70. The molecular formula is C13H18ClFN2. The molecule has 1 heterocycles. The van der Waals surface area contributed by atoms with Crippen LogP contribution < -0.4 is 10.6 Å². The predicted octanol–water partition coefficient (Wildman–Crippen LogP) is 3.98. The van der Waals surface area contributed by atoms with Gasteiger partial charge in [0.2, 0.25) is 0 Å². The van der Waals surface area contributed by atoms with E-state index in [0.717, 1.165) is 30.9 Å². The van der Waals surface area contributed by atoms with E-state index in [1.165, 1.54) is 6.07 Å². The molecule has 1 atom stereocenters. The van der Waals surface area contributed by atoms with Gasteiger partial charge in [0.25, 0.3) is 0 Å². The summed E-state index contributed by atoms with van der Waals surface area (Å²) in [6.07, 6.45) is 1.16. The maximum atomic E-state index is 13.3. The highest BCUT2D eigenvalue weighted by Crippen LogP contribution is 2.31. The van der Waals surface area contributed by atoms with Crippen LogP contribution in [0.15, 0.2) is 12.1 Å². The van der Waals surface area contributed by atoms with Crippen LogP contribution in [0.25, 0.3) is 0 Å². The Bertz CT molecular complexity index is 374. The van der Waals surface area contributed by atoms with Crippen LogP contribution in [0.5, 0.6) is 0 Å². The largest absolute Gasteiger partial charge is 0.383 e. The normalized spacial score (nSPS) is 19.2. The van der Waals surface area contributed by atoms with E-state index in [4.69, 9.17) is 11.6 Å². The van der Waals surface area contributed by atoms with Gasteiger partial charge < -0.3 is 10.6 Å². The number of rotatable bonds is 2. The van der Waals surface area contributed by atoms with Gasteiger partial charge in [-0.2, -0.15) is 0 Å². The van der Waals surface area contributed by atoms with Crippen molar-refractivity contribution < 1.29 is 4.39 Å². The third-order valence-electron chi connectivity index (χ3n) is 3.03. The first kappa shape index (κ1) is 12.5. The minimum Gasteiger partial charge on any atom is -0.383 e. The molecule has 0 radical (unpaired) electrons. The van der Waals surface area contributed by atoms with Crippen LogP contribution in [0.3, 0.4) is 0 Å². The summed E-state index contributed by atoms with van der Waals surface area (Å²) in [6, 6.07) is 3.11. The second kappa shape index (κ2) is 5.13. The van der Waals surface area contributed by atoms with Gasteiger partial charge in [0, 0.05) is 19.2 Å². The number of fused-ring (bicyclic) bond motifs is 1. The van der Waals surface area contributed by atoms with Crippen LogP contribution in [-0.4, -0.2) is 13.1 Å². The summed E-state index contributed by atoms with van der Waals surface area (Å²) in [5, 5.41) is 6.79. The van der Waals surface area contributed by atoms with Gasteiger partial charge >= 0.3 is 0 Å². The van der Waals surface area contributed by atoms with Gasteiger partial charge in [-0.1, -0.05) is 25.4 Å². The van der Waals surface area contributed by atoms with Crippen molar-refractivity contribution in [1.82, 2.24) is 0 Å². The van der Waals surface area contributed by atoms with Crippen LogP contribution >= 0.6 is 11.6 Å². The van der Waals surface area contributed by atoms with Gasteiger partial charge in [-0.15, -0.1) is 0 Å². The zero-order chi connectivity index (χ0) is 12.4. The van der Waals surface area contributed by atoms with Gasteiger partial charge in [-0.25, -0.2) is 4.39 Å². The zero-order valence-corrected chi connectivity index (χ0v) is 10.9. The number of nitrogens with one attached hydrogen (secondary N) is 2. The zero-order valence-electron chi connectivity index (χ0n) is 10.2. The van der Waals surface area contributed by atoms with Gasteiger partial charge in [-0.3, -0.25) is 0 Å². The molecule has 1 aromatic carbocycles. The maximum Gasteiger partial charge on any atom is 0.143 e.